The second-order valence-corrected chi connectivity index (χ2v) is 10.6. The van der Waals surface area contributed by atoms with E-state index >= 15 is 0 Å². The molecule has 0 spiro atoms. The van der Waals surface area contributed by atoms with Crippen LogP contribution < -0.4 is 15.8 Å². The summed E-state index contributed by atoms with van der Waals surface area (Å²) < 4.78 is 31.7. The van der Waals surface area contributed by atoms with Gasteiger partial charge in [-0.05, 0) is 44.0 Å². The van der Waals surface area contributed by atoms with Gasteiger partial charge in [0.15, 0.2) is 9.84 Å². The number of rotatable bonds is 5. The van der Waals surface area contributed by atoms with Crippen molar-refractivity contribution in [3.05, 3.63) is 57.9 Å². The highest BCUT2D eigenvalue weighted by molar-refractivity contribution is 7.90. The van der Waals surface area contributed by atoms with Crippen LogP contribution in [0, 0.1) is 6.92 Å². The summed E-state index contributed by atoms with van der Waals surface area (Å²) in [5.74, 6) is 0.617. The van der Waals surface area contributed by atoms with Crippen molar-refractivity contribution in [1.29, 1.82) is 0 Å². The zero-order valence-corrected chi connectivity index (χ0v) is 20.3. The molecule has 1 N–H and O–H groups in total. The summed E-state index contributed by atoms with van der Waals surface area (Å²) in [6, 6.07) is 10.4. The molecule has 176 valence electrons. The van der Waals surface area contributed by atoms with Crippen molar-refractivity contribution in [2.24, 2.45) is 7.05 Å². The van der Waals surface area contributed by atoms with Crippen LogP contribution >= 0.6 is 0 Å². The topological polar surface area (TPSA) is 93.5 Å². The lowest BCUT2D eigenvalue weighted by atomic mass is 10.0. The summed E-state index contributed by atoms with van der Waals surface area (Å²) >= 11 is 0. The number of benzene rings is 2. The van der Waals surface area contributed by atoms with Crippen molar-refractivity contribution in [1.82, 2.24) is 9.55 Å². The van der Waals surface area contributed by atoms with Crippen LogP contribution in [-0.4, -0.2) is 50.5 Å². The molecule has 1 aliphatic rings. The summed E-state index contributed by atoms with van der Waals surface area (Å²) in [6.07, 6.45) is 2.07. The van der Waals surface area contributed by atoms with E-state index in [-0.39, 0.29) is 16.5 Å². The highest BCUT2D eigenvalue weighted by Crippen LogP contribution is 2.30. The quantitative estimate of drug-likeness (QED) is 0.613. The standard InChI is InChI=1S/C24H30N4O4S/c1-16-14-18(17(2)25-20-8-5-6-9-21(20)33(4,30)31)22-19(15-16)23(29)27(3)24(26-22)28-10-7-12-32-13-11-28/h5-6,8-9,14-15,17,25H,7,10-13H2,1-4H3/t17-/m1/s1. The van der Waals surface area contributed by atoms with Crippen LogP contribution in [0.25, 0.3) is 10.9 Å². The summed E-state index contributed by atoms with van der Waals surface area (Å²) in [7, 11) is -1.65. The predicted molar refractivity (Wildman–Crippen MR) is 131 cm³/mol. The third-order valence-electron chi connectivity index (χ3n) is 5.96. The average molecular weight is 471 g/mol. The van der Waals surface area contributed by atoms with Gasteiger partial charge < -0.3 is 15.0 Å². The molecule has 2 heterocycles. The van der Waals surface area contributed by atoms with Gasteiger partial charge in [0.2, 0.25) is 5.95 Å². The number of aromatic nitrogens is 2. The first kappa shape index (κ1) is 23.3. The number of ether oxygens (including phenoxy) is 1. The number of nitrogens with one attached hydrogen (secondary N) is 1. The molecule has 9 heteroatoms. The zero-order valence-electron chi connectivity index (χ0n) is 19.5. The molecule has 4 rings (SSSR count). The first-order valence-electron chi connectivity index (χ1n) is 11.1. The highest BCUT2D eigenvalue weighted by Gasteiger charge is 2.21. The molecule has 1 fully saturated rings. The summed E-state index contributed by atoms with van der Waals surface area (Å²) in [4.78, 5) is 20.6. The number of hydrogen-bond donors (Lipinski definition) is 1. The predicted octanol–water partition coefficient (Wildman–Crippen LogP) is 3.05. The van der Waals surface area contributed by atoms with Crippen LogP contribution in [-0.2, 0) is 21.6 Å². The number of para-hydroxylation sites is 1. The van der Waals surface area contributed by atoms with Crippen LogP contribution in [0.1, 0.15) is 30.5 Å². The Morgan fingerprint density at radius 3 is 2.67 bits per heavy atom. The molecule has 0 unspecified atom stereocenters. The first-order valence-corrected chi connectivity index (χ1v) is 13.0. The number of anilines is 2. The maximum Gasteiger partial charge on any atom is 0.262 e. The van der Waals surface area contributed by atoms with Crippen LogP contribution in [0.15, 0.2) is 46.1 Å². The number of fused-ring (bicyclic) bond motifs is 1. The molecule has 8 nitrogen and oxygen atoms in total. The minimum atomic E-state index is -3.40. The molecule has 0 saturated carbocycles. The molecule has 0 aliphatic carbocycles. The Morgan fingerprint density at radius 1 is 1.15 bits per heavy atom. The van der Waals surface area contributed by atoms with Crippen LogP contribution in [0.3, 0.4) is 0 Å². The Balaban J connectivity index is 1.83. The van der Waals surface area contributed by atoms with E-state index in [1.165, 1.54) is 6.26 Å². The molecular weight excluding hydrogens is 440 g/mol. The second kappa shape index (κ2) is 9.15. The normalized spacial score (nSPS) is 15.9. The molecule has 2 aromatic carbocycles. The van der Waals surface area contributed by atoms with Crippen molar-refractivity contribution in [3.8, 4) is 0 Å². The lowest BCUT2D eigenvalue weighted by Crippen LogP contribution is -2.33. The van der Waals surface area contributed by atoms with Gasteiger partial charge in [0, 0.05) is 38.6 Å². The minimum Gasteiger partial charge on any atom is -0.380 e. The molecular formula is C24H30N4O4S. The number of aryl methyl sites for hydroxylation is 1. The van der Waals surface area contributed by atoms with E-state index in [1.54, 1.807) is 35.9 Å². The molecule has 1 atom stereocenters. The van der Waals surface area contributed by atoms with Crippen LogP contribution in [0.4, 0.5) is 11.6 Å². The molecule has 3 aromatic rings. The number of sulfone groups is 1. The Bertz CT molecular complexity index is 1340. The van der Waals surface area contributed by atoms with Gasteiger partial charge in [-0.1, -0.05) is 18.2 Å². The molecule has 1 saturated heterocycles. The third kappa shape index (κ3) is 4.74. The third-order valence-corrected chi connectivity index (χ3v) is 7.12. The van der Waals surface area contributed by atoms with Gasteiger partial charge in [-0.15, -0.1) is 0 Å². The minimum absolute atomic E-state index is 0.103. The van der Waals surface area contributed by atoms with Crippen molar-refractivity contribution >= 4 is 32.4 Å². The number of nitrogens with zero attached hydrogens (tertiary/aromatic N) is 3. The fourth-order valence-electron chi connectivity index (χ4n) is 4.32. The SMILES string of the molecule is Cc1cc([C@@H](C)Nc2ccccc2S(C)(=O)=O)c2nc(N3CCCOCC3)n(C)c(=O)c2c1. The Hall–Kier alpha value is -2.91. The zero-order chi connectivity index (χ0) is 23.8. The molecule has 0 bridgehead atoms. The Kier molecular flexibility index (Phi) is 6.45. The van der Waals surface area contributed by atoms with E-state index in [0.29, 0.717) is 42.3 Å². The van der Waals surface area contributed by atoms with Crippen molar-refractivity contribution < 1.29 is 13.2 Å². The second-order valence-electron chi connectivity index (χ2n) is 8.61. The first-order chi connectivity index (χ1) is 15.7. The van der Waals surface area contributed by atoms with Gasteiger partial charge in [0.05, 0.1) is 34.1 Å². The monoisotopic (exact) mass is 470 g/mol. The molecule has 1 aliphatic heterocycles. The highest BCUT2D eigenvalue weighted by atomic mass is 32.2. The summed E-state index contributed by atoms with van der Waals surface area (Å²) in [5.41, 5.74) is 2.83. The van der Waals surface area contributed by atoms with E-state index in [4.69, 9.17) is 9.72 Å². The summed E-state index contributed by atoms with van der Waals surface area (Å²) in [5, 5.41) is 3.88. The van der Waals surface area contributed by atoms with Crippen molar-refractivity contribution in [3.63, 3.8) is 0 Å². The average Bonchev–Trinajstić information content (AvgIpc) is 3.05. The number of hydrogen-bond acceptors (Lipinski definition) is 7. The lowest BCUT2D eigenvalue weighted by molar-refractivity contribution is 0.152. The van der Waals surface area contributed by atoms with Gasteiger partial charge in [-0.25, -0.2) is 13.4 Å². The van der Waals surface area contributed by atoms with Crippen molar-refractivity contribution in [2.75, 3.05) is 42.8 Å². The van der Waals surface area contributed by atoms with Gasteiger partial charge >= 0.3 is 0 Å². The Labute approximate surface area is 194 Å². The van der Waals surface area contributed by atoms with Crippen LogP contribution in [0.2, 0.25) is 0 Å². The van der Waals surface area contributed by atoms with E-state index in [2.05, 4.69) is 10.2 Å². The van der Waals surface area contributed by atoms with Crippen molar-refractivity contribution in [2.45, 2.75) is 31.2 Å². The Morgan fingerprint density at radius 2 is 1.91 bits per heavy atom. The lowest BCUT2D eigenvalue weighted by Gasteiger charge is -2.25. The van der Waals surface area contributed by atoms with Gasteiger partial charge in [-0.3, -0.25) is 9.36 Å². The maximum absolute atomic E-state index is 13.3. The fraction of sp³-hybridized carbons (Fsp3) is 0.417. The van der Waals surface area contributed by atoms with Crippen LogP contribution in [0.5, 0.6) is 0 Å². The molecule has 1 aromatic heterocycles. The molecule has 33 heavy (non-hydrogen) atoms. The fourth-order valence-corrected chi connectivity index (χ4v) is 5.17. The van der Waals surface area contributed by atoms with E-state index < -0.39 is 9.84 Å². The summed E-state index contributed by atoms with van der Waals surface area (Å²) in [6.45, 7) is 6.62. The van der Waals surface area contributed by atoms with Gasteiger partial charge in [-0.2, -0.15) is 0 Å². The van der Waals surface area contributed by atoms with Gasteiger partial charge in [0.25, 0.3) is 5.56 Å². The maximum atomic E-state index is 13.3. The largest absolute Gasteiger partial charge is 0.380 e. The molecule has 0 radical (unpaired) electrons. The van der Waals surface area contributed by atoms with Gasteiger partial charge in [0.1, 0.15) is 0 Å². The van der Waals surface area contributed by atoms with E-state index in [0.717, 1.165) is 24.1 Å². The van der Waals surface area contributed by atoms with E-state index in [1.807, 2.05) is 26.0 Å². The smallest absolute Gasteiger partial charge is 0.262 e. The molecule has 0 amide bonds. The van der Waals surface area contributed by atoms with E-state index in [9.17, 15) is 13.2 Å².